The predicted octanol–water partition coefficient (Wildman–Crippen LogP) is 9.32. The van der Waals surface area contributed by atoms with Crippen molar-refractivity contribution in [1.82, 2.24) is 15.1 Å². The molecule has 0 aromatic heterocycles. The number of rotatable bonds is 20. The van der Waals surface area contributed by atoms with Crippen LogP contribution in [0, 0.1) is 0 Å². The van der Waals surface area contributed by atoms with E-state index in [1.807, 2.05) is 182 Å². The summed E-state index contributed by atoms with van der Waals surface area (Å²) < 4.78 is 36.4. The minimum atomic E-state index is -4.54. The highest BCUT2D eigenvalue weighted by Gasteiger charge is 2.42. The minimum absolute atomic E-state index is 0.0468. The quantitative estimate of drug-likeness (QED) is 0.0446. The molecule has 0 aliphatic rings. The minimum Gasteiger partial charge on any atom is -0.497 e. The molecule has 7 aromatic rings. The van der Waals surface area contributed by atoms with Crippen LogP contribution < -0.4 is 15.5 Å². The molecule has 7 aromatic carbocycles. The number of benzene rings is 7. The first-order valence-corrected chi connectivity index (χ1v) is 23.2. The lowest BCUT2D eigenvalue weighted by Gasteiger charge is -2.36. The van der Waals surface area contributed by atoms with Crippen molar-refractivity contribution in [2.75, 3.05) is 19.4 Å². The van der Waals surface area contributed by atoms with E-state index in [1.54, 1.807) is 11.8 Å². The molecule has 2 amide bonds. The van der Waals surface area contributed by atoms with Crippen LogP contribution in [0.15, 0.2) is 211 Å². The molecule has 7 rings (SSSR count). The number of amides is 2. The van der Waals surface area contributed by atoms with E-state index in [0.717, 1.165) is 37.7 Å². The SMILES string of the molecule is COc1ccc(S(=O)(=O)N(CC(=O)NC(c2ccccc2)c2ccccc2)C(CCSCc2ccccc2)C(=O)NOC(c2ccccc2)(c2ccccc2)c2ccccc2)cc1. The molecule has 0 aliphatic carbocycles. The van der Waals surface area contributed by atoms with Gasteiger partial charge in [0.2, 0.25) is 15.9 Å². The van der Waals surface area contributed by atoms with Gasteiger partial charge in [-0.1, -0.05) is 182 Å². The third-order valence-corrected chi connectivity index (χ3v) is 13.6. The second kappa shape index (κ2) is 21.5. The summed E-state index contributed by atoms with van der Waals surface area (Å²) in [6, 6.07) is 61.3. The van der Waals surface area contributed by atoms with Crippen LogP contribution in [0.4, 0.5) is 0 Å². The highest BCUT2D eigenvalue weighted by molar-refractivity contribution is 7.98. The van der Waals surface area contributed by atoms with Gasteiger partial charge >= 0.3 is 0 Å². The van der Waals surface area contributed by atoms with Crippen molar-refractivity contribution in [3.8, 4) is 5.75 Å². The number of methoxy groups -OCH3 is 1. The van der Waals surface area contributed by atoms with Gasteiger partial charge in [-0.3, -0.25) is 14.4 Å². The summed E-state index contributed by atoms with van der Waals surface area (Å²) in [4.78, 5) is 36.2. The first kappa shape index (κ1) is 44.6. The van der Waals surface area contributed by atoms with Crippen LogP contribution in [-0.2, 0) is 35.8 Å². The van der Waals surface area contributed by atoms with Gasteiger partial charge in [-0.05, 0) is 69.8 Å². The van der Waals surface area contributed by atoms with Crippen LogP contribution >= 0.6 is 11.8 Å². The van der Waals surface area contributed by atoms with Crippen LogP contribution in [0.5, 0.6) is 5.75 Å². The van der Waals surface area contributed by atoms with Gasteiger partial charge in [-0.25, -0.2) is 13.9 Å². The molecular formula is C52H49N3O6S2. The molecule has 0 spiro atoms. The van der Waals surface area contributed by atoms with Crippen molar-refractivity contribution in [1.29, 1.82) is 0 Å². The van der Waals surface area contributed by atoms with Crippen molar-refractivity contribution >= 4 is 33.6 Å². The Morgan fingerprint density at radius 1 is 0.619 bits per heavy atom. The van der Waals surface area contributed by atoms with Crippen LogP contribution in [0.2, 0.25) is 0 Å². The summed E-state index contributed by atoms with van der Waals surface area (Å²) in [5.74, 6) is 0.113. The van der Waals surface area contributed by atoms with Gasteiger partial charge in [0, 0.05) is 5.75 Å². The van der Waals surface area contributed by atoms with E-state index < -0.39 is 46.1 Å². The Bertz CT molecular complexity index is 2470. The lowest BCUT2D eigenvalue weighted by Crippen LogP contribution is -2.54. The van der Waals surface area contributed by atoms with E-state index in [-0.39, 0.29) is 11.3 Å². The number of hydrogen-bond acceptors (Lipinski definition) is 7. The molecule has 9 nitrogen and oxygen atoms in total. The fourth-order valence-electron chi connectivity index (χ4n) is 7.50. The molecule has 0 saturated heterocycles. The van der Waals surface area contributed by atoms with E-state index >= 15 is 13.2 Å². The monoisotopic (exact) mass is 875 g/mol. The second-order valence-corrected chi connectivity index (χ2v) is 17.7. The van der Waals surface area contributed by atoms with Crippen LogP contribution in [0.1, 0.15) is 45.8 Å². The zero-order valence-electron chi connectivity index (χ0n) is 34.8. The Hall–Kier alpha value is -6.50. The third kappa shape index (κ3) is 10.9. The van der Waals surface area contributed by atoms with Crippen molar-refractivity contribution in [3.05, 3.63) is 240 Å². The first-order valence-electron chi connectivity index (χ1n) is 20.6. The molecule has 320 valence electrons. The first-order chi connectivity index (χ1) is 30.8. The van der Waals surface area contributed by atoms with Crippen LogP contribution in [-0.4, -0.2) is 50.0 Å². The molecule has 0 saturated carbocycles. The van der Waals surface area contributed by atoms with Crippen molar-refractivity contribution in [2.24, 2.45) is 0 Å². The summed E-state index contributed by atoms with van der Waals surface area (Å²) >= 11 is 1.56. The van der Waals surface area contributed by atoms with Gasteiger partial charge in [0.1, 0.15) is 11.8 Å². The van der Waals surface area contributed by atoms with E-state index in [2.05, 4.69) is 10.8 Å². The Morgan fingerprint density at radius 2 is 1.06 bits per heavy atom. The van der Waals surface area contributed by atoms with Crippen molar-refractivity contribution < 1.29 is 27.6 Å². The fourth-order valence-corrected chi connectivity index (χ4v) is 10.0. The lowest BCUT2D eigenvalue weighted by atomic mass is 9.80. The Labute approximate surface area is 374 Å². The molecule has 0 aliphatic heterocycles. The maximum atomic E-state index is 15.1. The van der Waals surface area contributed by atoms with Crippen LogP contribution in [0.25, 0.3) is 0 Å². The highest BCUT2D eigenvalue weighted by Crippen LogP contribution is 2.40. The summed E-state index contributed by atoms with van der Waals surface area (Å²) in [6.45, 7) is -0.673. The molecule has 2 N–H and O–H groups in total. The maximum absolute atomic E-state index is 15.1. The van der Waals surface area contributed by atoms with Crippen molar-refractivity contribution in [2.45, 2.75) is 34.8 Å². The molecule has 63 heavy (non-hydrogen) atoms. The van der Waals surface area contributed by atoms with Gasteiger partial charge in [0.25, 0.3) is 5.91 Å². The molecule has 0 fully saturated rings. The second-order valence-electron chi connectivity index (χ2n) is 14.7. The maximum Gasteiger partial charge on any atom is 0.262 e. The number of sulfonamides is 1. The van der Waals surface area contributed by atoms with Crippen molar-refractivity contribution in [3.63, 3.8) is 0 Å². The van der Waals surface area contributed by atoms with E-state index in [0.29, 0.717) is 17.3 Å². The fraction of sp³-hybridized carbons (Fsp3) is 0.154. The lowest BCUT2D eigenvalue weighted by molar-refractivity contribution is -0.147. The topological polar surface area (TPSA) is 114 Å². The zero-order valence-corrected chi connectivity index (χ0v) is 36.5. The van der Waals surface area contributed by atoms with E-state index in [1.165, 1.54) is 31.4 Å². The van der Waals surface area contributed by atoms with Gasteiger partial charge < -0.3 is 10.1 Å². The van der Waals surface area contributed by atoms with Gasteiger partial charge in [0.15, 0.2) is 5.60 Å². The number of thioether (sulfide) groups is 1. The number of carbonyl (C=O) groups excluding carboxylic acids is 2. The summed E-state index contributed by atoms with van der Waals surface area (Å²) in [5, 5.41) is 3.09. The Kier molecular flexibility index (Phi) is 15.2. The van der Waals surface area contributed by atoms with Gasteiger partial charge in [-0.2, -0.15) is 16.1 Å². The summed E-state index contributed by atoms with van der Waals surface area (Å²) in [7, 11) is -3.05. The molecule has 11 heteroatoms. The Balaban J connectivity index is 1.29. The van der Waals surface area contributed by atoms with Gasteiger partial charge in [-0.15, -0.1) is 0 Å². The average molecular weight is 876 g/mol. The van der Waals surface area contributed by atoms with Crippen LogP contribution in [0.3, 0.4) is 0 Å². The summed E-state index contributed by atoms with van der Waals surface area (Å²) in [5.41, 5.74) is 6.28. The molecule has 0 heterocycles. The number of hydroxylamine groups is 1. The number of hydrogen-bond donors (Lipinski definition) is 2. The van der Waals surface area contributed by atoms with E-state index in [4.69, 9.17) is 9.57 Å². The number of nitrogens with one attached hydrogen (secondary N) is 2. The van der Waals surface area contributed by atoms with E-state index in [9.17, 15) is 4.79 Å². The number of nitrogens with zero attached hydrogens (tertiary/aromatic N) is 1. The molecule has 0 bridgehead atoms. The number of carbonyl (C=O) groups is 2. The highest BCUT2D eigenvalue weighted by atomic mass is 32.2. The average Bonchev–Trinajstić information content (AvgIpc) is 3.34. The Morgan fingerprint density at radius 3 is 1.52 bits per heavy atom. The normalized spacial score (nSPS) is 12.1. The molecular weight excluding hydrogens is 827 g/mol. The standard InChI is InChI=1S/C52H49N3O6S2/c1-60-46-32-34-47(35-33-46)63(58,59)55(38-49(56)53-50(41-22-10-3-11-23-41)42-24-12-4-13-25-42)48(36-37-62-39-40-20-8-2-9-21-40)51(57)54-61-52(43-26-14-5-15-27-43,44-28-16-6-17-29-44)45-30-18-7-19-31-45/h2-35,48,50H,36-39H2,1H3,(H,53,56)(H,54,57). The summed E-state index contributed by atoms with van der Waals surface area (Å²) in [6.07, 6.45) is 0.0468. The third-order valence-electron chi connectivity index (χ3n) is 10.7. The largest absolute Gasteiger partial charge is 0.497 e. The molecule has 1 unspecified atom stereocenters. The number of ether oxygens (including phenoxy) is 1. The molecule has 1 atom stereocenters. The smallest absolute Gasteiger partial charge is 0.262 e. The zero-order chi connectivity index (χ0) is 43.9. The van der Waals surface area contributed by atoms with Gasteiger partial charge in [0.05, 0.1) is 24.6 Å². The predicted molar refractivity (Wildman–Crippen MR) is 249 cm³/mol. The molecule has 0 radical (unpaired) electrons.